The molecular weight excluding hydrogens is 270 g/mol. The Balaban J connectivity index is 2.42. The van der Waals surface area contributed by atoms with E-state index in [0.717, 1.165) is 24.0 Å². The lowest BCUT2D eigenvalue weighted by atomic mass is 10.2. The van der Waals surface area contributed by atoms with E-state index in [9.17, 15) is 8.42 Å². The first kappa shape index (κ1) is 13.8. The molecule has 3 nitrogen and oxygen atoms in total. The highest BCUT2D eigenvalue weighted by atomic mass is 35.5. The highest BCUT2D eigenvalue weighted by molar-refractivity contribution is 7.89. The molecule has 1 fully saturated rings. The van der Waals surface area contributed by atoms with Gasteiger partial charge in [-0.1, -0.05) is 17.7 Å². The van der Waals surface area contributed by atoms with E-state index in [1.807, 2.05) is 26.0 Å². The van der Waals surface area contributed by atoms with Crippen LogP contribution in [0.4, 0.5) is 0 Å². The maximum Gasteiger partial charge on any atom is 0.243 e. The molecule has 0 bridgehead atoms. The first-order valence-electron chi connectivity index (χ1n) is 6.12. The van der Waals surface area contributed by atoms with Gasteiger partial charge in [0.05, 0.1) is 4.90 Å². The van der Waals surface area contributed by atoms with E-state index in [4.69, 9.17) is 11.6 Å². The minimum absolute atomic E-state index is 0.0580. The highest BCUT2D eigenvalue weighted by Crippen LogP contribution is 2.28. The molecule has 0 saturated carbocycles. The van der Waals surface area contributed by atoms with Gasteiger partial charge in [-0.25, -0.2) is 8.42 Å². The van der Waals surface area contributed by atoms with Gasteiger partial charge in [0.25, 0.3) is 0 Å². The number of hydrogen-bond acceptors (Lipinski definition) is 2. The van der Waals surface area contributed by atoms with Crippen LogP contribution >= 0.6 is 11.6 Å². The van der Waals surface area contributed by atoms with Gasteiger partial charge in [0.2, 0.25) is 10.0 Å². The number of nitrogens with zero attached hydrogens (tertiary/aromatic N) is 1. The predicted molar refractivity (Wildman–Crippen MR) is 73.5 cm³/mol. The van der Waals surface area contributed by atoms with Crippen molar-refractivity contribution < 1.29 is 8.42 Å². The van der Waals surface area contributed by atoms with E-state index in [0.29, 0.717) is 17.3 Å². The van der Waals surface area contributed by atoms with E-state index < -0.39 is 10.0 Å². The standard InChI is InChI=1S/C13H18ClNO2S/c1-10-5-6-13(11(2)8-10)18(16,17)15-7-3-4-12(15)9-14/h5-6,8,12H,3-4,7,9H2,1-2H3/t12-/m0/s1. The Hall–Kier alpha value is -0.580. The molecule has 1 heterocycles. The van der Waals surface area contributed by atoms with Crippen LogP contribution in [0, 0.1) is 13.8 Å². The molecule has 5 heteroatoms. The zero-order valence-corrected chi connectivity index (χ0v) is 12.3. The van der Waals surface area contributed by atoms with Crippen LogP contribution in [-0.4, -0.2) is 31.2 Å². The molecule has 18 heavy (non-hydrogen) atoms. The minimum atomic E-state index is -3.40. The second kappa shape index (κ2) is 5.19. The first-order valence-corrected chi connectivity index (χ1v) is 8.09. The fraction of sp³-hybridized carbons (Fsp3) is 0.538. The average molecular weight is 288 g/mol. The monoisotopic (exact) mass is 287 g/mol. The van der Waals surface area contributed by atoms with Crippen LogP contribution < -0.4 is 0 Å². The highest BCUT2D eigenvalue weighted by Gasteiger charge is 2.35. The fourth-order valence-corrected chi connectivity index (χ4v) is 4.80. The van der Waals surface area contributed by atoms with Crippen molar-refractivity contribution in [2.75, 3.05) is 12.4 Å². The smallest absolute Gasteiger partial charge is 0.207 e. The number of hydrogen-bond donors (Lipinski definition) is 0. The number of halogens is 1. The van der Waals surface area contributed by atoms with Gasteiger partial charge < -0.3 is 0 Å². The van der Waals surface area contributed by atoms with Gasteiger partial charge in [0, 0.05) is 18.5 Å². The van der Waals surface area contributed by atoms with Crippen LogP contribution in [-0.2, 0) is 10.0 Å². The molecule has 100 valence electrons. The SMILES string of the molecule is Cc1ccc(S(=O)(=O)N2CCC[C@H]2CCl)c(C)c1. The molecule has 0 amide bonds. The molecule has 0 aliphatic carbocycles. The molecule has 1 saturated heterocycles. The Bertz CT molecular complexity index is 542. The average Bonchev–Trinajstić information content (AvgIpc) is 2.76. The topological polar surface area (TPSA) is 37.4 Å². The maximum atomic E-state index is 12.6. The molecule has 1 atom stereocenters. The number of alkyl halides is 1. The summed E-state index contributed by atoms with van der Waals surface area (Å²) in [5.74, 6) is 0.365. The second-order valence-corrected chi connectivity index (χ2v) is 7.00. The van der Waals surface area contributed by atoms with Crippen LogP contribution in [0.3, 0.4) is 0 Å². The Morgan fingerprint density at radius 3 is 2.72 bits per heavy atom. The summed E-state index contributed by atoms with van der Waals surface area (Å²) in [6.45, 7) is 4.37. The lowest BCUT2D eigenvalue weighted by Crippen LogP contribution is -2.36. The van der Waals surface area contributed by atoms with Crippen molar-refractivity contribution in [1.29, 1.82) is 0 Å². The van der Waals surface area contributed by atoms with Gasteiger partial charge >= 0.3 is 0 Å². The molecule has 1 aliphatic heterocycles. The van der Waals surface area contributed by atoms with Gasteiger partial charge in [0.15, 0.2) is 0 Å². The maximum absolute atomic E-state index is 12.6. The number of benzene rings is 1. The van der Waals surface area contributed by atoms with E-state index in [2.05, 4.69) is 0 Å². The molecule has 0 aromatic heterocycles. The summed E-state index contributed by atoms with van der Waals surface area (Å²) in [5.41, 5.74) is 1.87. The molecule has 0 spiro atoms. The van der Waals surface area contributed by atoms with Crippen LogP contribution in [0.15, 0.2) is 23.1 Å². The zero-order valence-electron chi connectivity index (χ0n) is 10.7. The third-order valence-corrected chi connectivity index (χ3v) is 5.89. The number of aryl methyl sites for hydroxylation is 2. The Kier molecular flexibility index (Phi) is 3.99. The van der Waals surface area contributed by atoms with Crippen LogP contribution in [0.1, 0.15) is 24.0 Å². The number of rotatable bonds is 3. The lowest BCUT2D eigenvalue weighted by molar-refractivity contribution is 0.411. The first-order chi connectivity index (χ1) is 8.46. The van der Waals surface area contributed by atoms with Crippen molar-refractivity contribution in [2.24, 2.45) is 0 Å². The van der Waals surface area contributed by atoms with E-state index in [1.54, 1.807) is 10.4 Å². The van der Waals surface area contributed by atoms with Crippen molar-refractivity contribution in [3.05, 3.63) is 29.3 Å². The Labute approximate surface area is 114 Å². The molecule has 0 radical (unpaired) electrons. The van der Waals surface area contributed by atoms with E-state index in [-0.39, 0.29) is 6.04 Å². The molecule has 1 aromatic rings. The number of sulfonamides is 1. The fourth-order valence-electron chi connectivity index (χ4n) is 2.49. The summed E-state index contributed by atoms with van der Waals surface area (Å²) in [6, 6.07) is 5.38. The van der Waals surface area contributed by atoms with Gasteiger partial charge in [-0.3, -0.25) is 0 Å². The Morgan fingerprint density at radius 2 is 2.11 bits per heavy atom. The van der Waals surface area contributed by atoms with Crippen LogP contribution in [0.5, 0.6) is 0 Å². The van der Waals surface area contributed by atoms with Gasteiger partial charge in [-0.2, -0.15) is 4.31 Å². The third kappa shape index (κ3) is 2.42. The molecule has 0 N–H and O–H groups in total. The summed E-state index contributed by atoms with van der Waals surface area (Å²) in [7, 11) is -3.40. The van der Waals surface area contributed by atoms with Crippen molar-refractivity contribution in [3.63, 3.8) is 0 Å². The van der Waals surface area contributed by atoms with Crippen molar-refractivity contribution in [3.8, 4) is 0 Å². The van der Waals surface area contributed by atoms with Crippen LogP contribution in [0.25, 0.3) is 0 Å². The van der Waals surface area contributed by atoms with Gasteiger partial charge in [-0.15, -0.1) is 11.6 Å². The molecule has 1 aliphatic rings. The van der Waals surface area contributed by atoms with E-state index in [1.165, 1.54) is 0 Å². The minimum Gasteiger partial charge on any atom is -0.207 e. The Morgan fingerprint density at radius 1 is 1.39 bits per heavy atom. The molecule has 0 unspecified atom stereocenters. The lowest BCUT2D eigenvalue weighted by Gasteiger charge is -2.23. The summed E-state index contributed by atoms with van der Waals surface area (Å²) in [5, 5.41) is 0. The molecule has 2 rings (SSSR count). The van der Waals surface area contributed by atoms with E-state index >= 15 is 0 Å². The van der Waals surface area contributed by atoms with Gasteiger partial charge in [0.1, 0.15) is 0 Å². The van der Waals surface area contributed by atoms with Gasteiger partial charge in [-0.05, 0) is 38.3 Å². The third-order valence-electron chi connectivity index (χ3n) is 3.42. The summed E-state index contributed by atoms with van der Waals surface area (Å²) < 4.78 is 26.8. The van der Waals surface area contributed by atoms with Crippen LogP contribution in [0.2, 0.25) is 0 Å². The van der Waals surface area contributed by atoms with Crippen molar-refractivity contribution in [2.45, 2.75) is 37.6 Å². The summed E-state index contributed by atoms with van der Waals surface area (Å²) in [4.78, 5) is 0.408. The molecule has 1 aromatic carbocycles. The zero-order chi connectivity index (χ0) is 13.3. The van der Waals surface area contributed by atoms with Crippen molar-refractivity contribution in [1.82, 2.24) is 4.31 Å². The largest absolute Gasteiger partial charge is 0.243 e. The summed E-state index contributed by atoms with van der Waals surface area (Å²) >= 11 is 5.85. The predicted octanol–water partition coefficient (Wildman–Crippen LogP) is 2.70. The normalized spacial score (nSPS) is 21.4. The second-order valence-electron chi connectivity index (χ2n) is 4.84. The molecular formula is C13H18ClNO2S. The van der Waals surface area contributed by atoms with Crippen molar-refractivity contribution >= 4 is 21.6 Å². The summed E-state index contributed by atoms with van der Waals surface area (Å²) in [6.07, 6.45) is 1.75. The quantitative estimate of drug-likeness (QED) is 0.802.